The standard InChI is InChI=1S/C17H30N2O4/c1-16(2,3)23-15(22)18-17(14(20)21)8-10-19(11-9-17)12-13-6-4-5-7-13/h13H,4-12H2,1-3H3,(H,18,22)(H,20,21). The van der Waals surface area contributed by atoms with Crippen LogP contribution in [0.15, 0.2) is 0 Å². The van der Waals surface area contributed by atoms with E-state index in [4.69, 9.17) is 4.74 Å². The summed E-state index contributed by atoms with van der Waals surface area (Å²) < 4.78 is 5.22. The highest BCUT2D eigenvalue weighted by Crippen LogP contribution is 2.29. The highest BCUT2D eigenvalue weighted by Gasteiger charge is 2.44. The van der Waals surface area contributed by atoms with Gasteiger partial charge in [-0.15, -0.1) is 0 Å². The summed E-state index contributed by atoms with van der Waals surface area (Å²) in [5.74, 6) is -0.213. The van der Waals surface area contributed by atoms with E-state index in [1.54, 1.807) is 20.8 Å². The fourth-order valence-corrected chi connectivity index (χ4v) is 3.57. The second-order valence-corrected chi connectivity index (χ2v) is 7.97. The summed E-state index contributed by atoms with van der Waals surface area (Å²) >= 11 is 0. The number of alkyl carbamates (subject to hydrolysis) is 1. The Kier molecular flexibility index (Phi) is 5.55. The number of carbonyl (C=O) groups excluding carboxylic acids is 1. The monoisotopic (exact) mass is 326 g/mol. The Bertz CT molecular complexity index is 430. The first-order chi connectivity index (χ1) is 10.7. The van der Waals surface area contributed by atoms with Crippen molar-refractivity contribution in [3.63, 3.8) is 0 Å². The molecule has 1 aliphatic heterocycles. The van der Waals surface area contributed by atoms with Gasteiger partial charge in [-0.2, -0.15) is 0 Å². The lowest BCUT2D eigenvalue weighted by atomic mass is 9.87. The molecular formula is C17H30N2O4. The average molecular weight is 326 g/mol. The number of nitrogens with zero attached hydrogens (tertiary/aromatic N) is 1. The van der Waals surface area contributed by atoms with Crippen molar-refractivity contribution in [2.45, 2.75) is 70.4 Å². The molecule has 132 valence electrons. The van der Waals surface area contributed by atoms with Gasteiger partial charge in [-0.1, -0.05) is 12.8 Å². The van der Waals surface area contributed by atoms with Crippen LogP contribution in [-0.2, 0) is 9.53 Å². The lowest BCUT2D eigenvalue weighted by molar-refractivity contribution is -0.147. The second-order valence-electron chi connectivity index (χ2n) is 7.97. The zero-order valence-electron chi connectivity index (χ0n) is 14.6. The normalized spacial score (nSPS) is 22.7. The van der Waals surface area contributed by atoms with Crippen molar-refractivity contribution < 1.29 is 19.4 Å². The maximum Gasteiger partial charge on any atom is 0.408 e. The first kappa shape index (κ1) is 18.0. The fraction of sp³-hybridized carbons (Fsp3) is 0.882. The van der Waals surface area contributed by atoms with Crippen molar-refractivity contribution in [3.8, 4) is 0 Å². The minimum Gasteiger partial charge on any atom is -0.480 e. The van der Waals surface area contributed by atoms with Gasteiger partial charge in [-0.25, -0.2) is 9.59 Å². The van der Waals surface area contributed by atoms with Crippen molar-refractivity contribution in [2.24, 2.45) is 5.92 Å². The van der Waals surface area contributed by atoms with E-state index in [0.717, 1.165) is 12.5 Å². The van der Waals surface area contributed by atoms with Crippen LogP contribution in [0.5, 0.6) is 0 Å². The Morgan fingerprint density at radius 3 is 2.26 bits per heavy atom. The second kappa shape index (κ2) is 7.07. The summed E-state index contributed by atoms with van der Waals surface area (Å²) in [4.78, 5) is 26.1. The molecule has 0 bridgehead atoms. The van der Waals surface area contributed by atoms with E-state index in [1.807, 2.05) is 0 Å². The number of carboxylic acids is 1. The number of carboxylic acid groups (broad SMARTS) is 1. The molecule has 0 aromatic carbocycles. The van der Waals surface area contributed by atoms with E-state index in [9.17, 15) is 14.7 Å². The van der Waals surface area contributed by atoms with Crippen LogP contribution in [-0.4, -0.2) is 52.8 Å². The number of hydrogen-bond acceptors (Lipinski definition) is 4. The van der Waals surface area contributed by atoms with Gasteiger partial charge in [0.15, 0.2) is 0 Å². The summed E-state index contributed by atoms with van der Waals surface area (Å²) in [6.07, 6.45) is 5.41. The first-order valence-electron chi connectivity index (χ1n) is 8.67. The van der Waals surface area contributed by atoms with E-state index in [2.05, 4.69) is 10.2 Å². The predicted molar refractivity (Wildman–Crippen MR) is 87.4 cm³/mol. The third kappa shape index (κ3) is 5.09. The molecule has 0 spiro atoms. The van der Waals surface area contributed by atoms with Gasteiger partial charge in [0, 0.05) is 19.6 Å². The van der Waals surface area contributed by atoms with Crippen LogP contribution in [0.2, 0.25) is 0 Å². The van der Waals surface area contributed by atoms with Gasteiger partial charge in [-0.05, 0) is 52.4 Å². The highest BCUT2D eigenvalue weighted by molar-refractivity contribution is 5.84. The molecule has 0 aromatic rings. The maximum absolute atomic E-state index is 12.0. The van der Waals surface area contributed by atoms with Gasteiger partial charge in [0.05, 0.1) is 0 Å². The van der Waals surface area contributed by atoms with Crippen molar-refractivity contribution in [1.82, 2.24) is 10.2 Å². The number of aliphatic carboxylic acids is 1. The topological polar surface area (TPSA) is 78.9 Å². The van der Waals surface area contributed by atoms with E-state index in [0.29, 0.717) is 25.9 Å². The van der Waals surface area contributed by atoms with Crippen LogP contribution < -0.4 is 5.32 Å². The SMILES string of the molecule is CC(C)(C)OC(=O)NC1(C(=O)O)CCN(CC2CCCC2)CC1. The summed E-state index contributed by atoms with van der Waals surface area (Å²) in [5, 5.41) is 12.2. The smallest absolute Gasteiger partial charge is 0.408 e. The predicted octanol–water partition coefficient (Wildman–Crippen LogP) is 2.62. The molecule has 2 fully saturated rings. The van der Waals surface area contributed by atoms with E-state index < -0.39 is 23.2 Å². The number of piperidine rings is 1. The van der Waals surface area contributed by atoms with Gasteiger partial charge in [0.1, 0.15) is 11.1 Å². The number of rotatable bonds is 4. The molecule has 6 nitrogen and oxygen atoms in total. The Morgan fingerprint density at radius 2 is 1.78 bits per heavy atom. The average Bonchev–Trinajstić information content (AvgIpc) is 2.91. The molecule has 0 atom stereocenters. The number of nitrogens with one attached hydrogen (secondary N) is 1. The largest absolute Gasteiger partial charge is 0.480 e. The Morgan fingerprint density at radius 1 is 1.22 bits per heavy atom. The van der Waals surface area contributed by atoms with Gasteiger partial charge < -0.3 is 20.1 Å². The van der Waals surface area contributed by atoms with E-state index in [1.165, 1.54) is 25.7 Å². The molecule has 23 heavy (non-hydrogen) atoms. The minimum atomic E-state index is -1.20. The number of amides is 1. The molecule has 1 heterocycles. The van der Waals surface area contributed by atoms with Crippen LogP contribution in [0.3, 0.4) is 0 Å². The van der Waals surface area contributed by atoms with E-state index >= 15 is 0 Å². The molecule has 0 radical (unpaired) electrons. The number of likely N-dealkylation sites (tertiary alicyclic amines) is 1. The lowest BCUT2D eigenvalue weighted by Crippen LogP contribution is -2.60. The molecule has 1 amide bonds. The summed E-state index contributed by atoms with van der Waals surface area (Å²) in [7, 11) is 0. The molecule has 2 aliphatic rings. The third-order valence-corrected chi connectivity index (χ3v) is 4.85. The molecule has 1 aliphatic carbocycles. The van der Waals surface area contributed by atoms with Crippen molar-refractivity contribution in [3.05, 3.63) is 0 Å². The number of carbonyl (C=O) groups is 2. The Balaban J connectivity index is 1.89. The van der Waals surface area contributed by atoms with Crippen molar-refractivity contribution >= 4 is 12.1 Å². The van der Waals surface area contributed by atoms with Gasteiger partial charge in [0.2, 0.25) is 0 Å². The lowest BCUT2D eigenvalue weighted by Gasteiger charge is -2.40. The molecular weight excluding hydrogens is 296 g/mol. The molecule has 6 heteroatoms. The Labute approximate surface area is 138 Å². The summed E-state index contributed by atoms with van der Waals surface area (Å²) in [6.45, 7) is 7.78. The third-order valence-electron chi connectivity index (χ3n) is 4.85. The summed E-state index contributed by atoms with van der Waals surface area (Å²) in [5.41, 5.74) is -1.83. The van der Waals surface area contributed by atoms with Crippen LogP contribution in [0, 0.1) is 5.92 Å². The summed E-state index contributed by atoms with van der Waals surface area (Å²) in [6, 6.07) is 0. The molecule has 2 N–H and O–H groups in total. The van der Waals surface area contributed by atoms with Gasteiger partial charge in [0.25, 0.3) is 0 Å². The van der Waals surface area contributed by atoms with Gasteiger partial charge >= 0.3 is 12.1 Å². The Hall–Kier alpha value is -1.30. The zero-order valence-corrected chi connectivity index (χ0v) is 14.6. The molecule has 1 saturated heterocycles. The quantitative estimate of drug-likeness (QED) is 0.830. The first-order valence-corrected chi connectivity index (χ1v) is 8.67. The van der Waals surface area contributed by atoms with Crippen LogP contribution in [0.4, 0.5) is 4.79 Å². The van der Waals surface area contributed by atoms with Gasteiger partial charge in [-0.3, -0.25) is 0 Å². The highest BCUT2D eigenvalue weighted by atomic mass is 16.6. The van der Waals surface area contributed by atoms with Crippen molar-refractivity contribution in [2.75, 3.05) is 19.6 Å². The van der Waals surface area contributed by atoms with Crippen molar-refractivity contribution in [1.29, 1.82) is 0 Å². The van der Waals surface area contributed by atoms with Crippen LogP contribution in [0.25, 0.3) is 0 Å². The maximum atomic E-state index is 12.0. The molecule has 2 rings (SSSR count). The number of hydrogen-bond donors (Lipinski definition) is 2. The molecule has 0 aromatic heterocycles. The minimum absolute atomic E-state index is 0.425. The fourth-order valence-electron chi connectivity index (χ4n) is 3.57. The van der Waals surface area contributed by atoms with E-state index in [-0.39, 0.29) is 0 Å². The molecule has 1 saturated carbocycles. The molecule has 0 unspecified atom stereocenters. The number of ether oxygens (including phenoxy) is 1. The van der Waals surface area contributed by atoms with Crippen LogP contribution in [0.1, 0.15) is 59.3 Å². The zero-order chi connectivity index (χ0) is 17.1. The van der Waals surface area contributed by atoms with Crippen LogP contribution >= 0.6 is 0 Å².